The molecule has 6 nitrogen and oxygen atoms in total. The maximum absolute atomic E-state index is 9.21. The minimum Gasteiger partial charge on any atom is -0.456 e. The van der Waals surface area contributed by atoms with E-state index in [0.29, 0.717) is 29.4 Å². The van der Waals surface area contributed by atoms with Crippen LogP contribution >= 0.6 is 0 Å². The predicted octanol–water partition coefficient (Wildman–Crippen LogP) is 3.32. The normalized spacial score (nSPS) is 10.4. The van der Waals surface area contributed by atoms with Gasteiger partial charge in [0, 0.05) is 35.9 Å². The van der Waals surface area contributed by atoms with Crippen LogP contribution in [-0.4, -0.2) is 21.5 Å². The van der Waals surface area contributed by atoms with Crippen LogP contribution in [0, 0.1) is 25.2 Å². The molecule has 6 heteroatoms. The second-order valence-electron chi connectivity index (χ2n) is 5.96. The van der Waals surface area contributed by atoms with Crippen molar-refractivity contribution in [3.05, 3.63) is 65.2 Å². The second kappa shape index (κ2) is 7.72. The summed E-state index contributed by atoms with van der Waals surface area (Å²) in [4.78, 5) is 13.2. The van der Waals surface area contributed by atoms with Crippen molar-refractivity contribution in [3.8, 4) is 29.0 Å². The molecule has 0 aliphatic rings. The maximum Gasteiger partial charge on any atom is 0.162 e. The molecule has 3 aromatic rings. The molecule has 0 spiro atoms. The standard InChI is InChI=1S/C20H19N5O/c1-13-7-17(8-14(2)25-13)26-19-9-15(10-22)3-4-18(19)20-23-11-16(5-6-21)12-24-20/h3-4,7-9,11-12H,5-6,21H2,1-2H3. The Bertz CT molecular complexity index is 941. The molecule has 130 valence electrons. The molecule has 0 radical (unpaired) electrons. The molecule has 0 atom stereocenters. The van der Waals surface area contributed by atoms with Gasteiger partial charge in [0.05, 0.1) is 17.2 Å². The highest BCUT2D eigenvalue weighted by Gasteiger charge is 2.12. The number of nitrogens with zero attached hydrogens (tertiary/aromatic N) is 4. The SMILES string of the molecule is Cc1cc(Oc2cc(C#N)ccc2-c2ncc(CCN)cn2)cc(C)n1. The predicted molar refractivity (Wildman–Crippen MR) is 98.7 cm³/mol. The third kappa shape index (κ3) is 4.02. The van der Waals surface area contributed by atoms with E-state index in [9.17, 15) is 5.26 Å². The van der Waals surface area contributed by atoms with Crippen molar-refractivity contribution in [1.82, 2.24) is 15.0 Å². The summed E-state index contributed by atoms with van der Waals surface area (Å²) < 4.78 is 6.05. The van der Waals surface area contributed by atoms with Crippen molar-refractivity contribution >= 4 is 0 Å². The van der Waals surface area contributed by atoms with Crippen molar-refractivity contribution in [3.63, 3.8) is 0 Å². The molecule has 0 aliphatic heterocycles. The minimum atomic E-state index is 0.506. The topological polar surface area (TPSA) is 97.7 Å². The zero-order valence-electron chi connectivity index (χ0n) is 14.7. The molecular weight excluding hydrogens is 326 g/mol. The summed E-state index contributed by atoms with van der Waals surface area (Å²) in [6, 6.07) is 11.0. The van der Waals surface area contributed by atoms with Crippen LogP contribution in [0.1, 0.15) is 22.5 Å². The van der Waals surface area contributed by atoms with Crippen LogP contribution in [0.5, 0.6) is 11.5 Å². The first-order chi connectivity index (χ1) is 12.6. The summed E-state index contributed by atoms with van der Waals surface area (Å²) in [7, 11) is 0. The fraction of sp³-hybridized carbons (Fsp3) is 0.200. The molecule has 2 N–H and O–H groups in total. The molecule has 0 saturated carbocycles. The number of rotatable bonds is 5. The van der Waals surface area contributed by atoms with E-state index in [2.05, 4.69) is 21.0 Å². The lowest BCUT2D eigenvalue weighted by Gasteiger charge is -2.12. The number of nitriles is 1. The lowest BCUT2D eigenvalue weighted by Crippen LogP contribution is -2.04. The van der Waals surface area contributed by atoms with Gasteiger partial charge < -0.3 is 10.5 Å². The number of aryl methyl sites for hydroxylation is 2. The average molecular weight is 345 g/mol. The first-order valence-electron chi connectivity index (χ1n) is 8.27. The van der Waals surface area contributed by atoms with Crippen molar-refractivity contribution in [2.45, 2.75) is 20.3 Å². The number of hydrogen-bond acceptors (Lipinski definition) is 6. The molecule has 0 amide bonds. The van der Waals surface area contributed by atoms with E-state index in [-0.39, 0.29) is 0 Å². The van der Waals surface area contributed by atoms with Gasteiger partial charge in [0.2, 0.25) is 0 Å². The quantitative estimate of drug-likeness (QED) is 0.762. The van der Waals surface area contributed by atoms with Crippen LogP contribution in [0.15, 0.2) is 42.7 Å². The van der Waals surface area contributed by atoms with Crippen LogP contribution in [-0.2, 0) is 6.42 Å². The van der Waals surface area contributed by atoms with Gasteiger partial charge in [-0.25, -0.2) is 9.97 Å². The molecule has 3 rings (SSSR count). The van der Waals surface area contributed by atoms with Gasteiger partial charge >= 0.3 is 0 Å². The van der Waals surface area contributed by atoms with Crippen molar-refractivity contribution in [2.75, 3.05) is 6.54 Å². The van der Waals surface area contributed by atoms with Gasteiger partial charge in [-0.05, 0) is 50.6 Å². The van der Waals surface area contributed by atoms with Crippen LogP contribution in [0.2, 0.25) is 0 Å². The third-order valence-corrected chi connectivity index (χ3v) is 3.77. The Balaban J connectivity index is 2.01. The largest absolute Gasteiger partial charge is 0.456 e. The van der Waals surface area contributed by atoms with Crippen LogP contribution in [0.3, 0.4) is 0 Å². The smallest absolute Gasteiger partial charge is 0.162 e. The molecule has 1 aromatic carbocycles. The fourth-order valence-corrected chi connectivity index (χ4v) is 2.63. The van der Waals surface area contributed by atoms with E-state index in [1.54, 1.807) is 30.6 Å². The van der Waals surface area contributed by atoms with Gasteiger partial charge in [-0.15, -0.1) is 0 Å². The molecular formula is C20H19N5O. The first kappa shape index (κ1) is 17.5. The van der Waals surface area contributed by atoms with Crippen molar-refractivity contribution in [1.29, 1.82) is 5.26 Å². The third-order valence-electron chi connectivity index (χ3n) is 3.77. The van der Waals surface area contributed by atoms with Gasteiger partial charge in [0.15, 0.2) is 5.82 Å². The Morgan fingerprint density at radius 3 is 2.38 bits per heavy atom. The van der Waals surface area contributed by atoms with Gasteiger partial charge in [-0.2, -0.15) is 5.26 Å². The maximum atomic E-state index is 9.21. The van der Waals surface area contributed by atoms with E-state index in [0.717, 1.165) is 28.9 Å². The highest BCUT2D eigenvalue weighted by atomic mass is 16.5. The van der Waals surface area contributed by atoms with E-state index in [1.165, 1.54) is 0 Å². The van der Waals surface area contributed by atoms with Gasteiger partial charge in [0.1, 0.15) is 11.5 Å². The zero-order chi connectivity index (χ0) is 18.5. The second-order valence-corrected chi connectivity index (χ2v) is 5.96. The summed E-state index contributed by atoms with van der Waals surface area (Å²) >= 11 is 0. The number of hydrogen-bond donors (Lipinski definition) is 1. The molecule has 0 unspecified atom stereocenters. The summed E-state index contributed by atoms with van der Waals surface area (Å²) in [5.74, 6) is 1.72. The summed E-state index contributed by atoms with van der Waals surface area (Å²) in [5, 5.41) is 9.21. The van der Waals surface area contributed by atoms with Gasteiger partial charge in [-0.3, -0.25) is 4.98 Å². The fourth-order valence-electron chi connectivity index (χ4n) is 2.63. The Hall–Kier alpha value is -3.30. The van der Waals surface area contributed by atoms with Crippen molar-refractivity contribution in [2.24, 2.45) is 5.73 Å². The van der Waals surface area contributed by atoms with Crippen molar-refractivity contribution < 1.29 is 4.74 Å². The minimum absolute atomic E-state index is 0.506. The highest BCUT2D eigenvalue weighted by molar-refractivity contribution is 5.66. The lowest BCUT2D eigenvalue weighted by atomic mass is 10.1. The Labute approximate surface area is 152 Å². The molecule has 2 heterocycles. The number of ether oxygens (including phenoxy) is 1. The zero-order valence-corrected chi connectivity index (χ0v) is 14.7. The molecule has 0 bridgehead atoms. The summed E-state index contributed by atoms with van der Waals surface area (Å²) in [6.45, 7) is 4.37. The van der Waals surface area contributed by atoms with E-state index >= 15 is 0 Å². The summed E-state index contributed by atoms with van der Waals surface area (Å²) in [6.07, 6.45) is 4.25. The Morgan fingerprint density at radius 2 is 1.77 bits per heavy atom. The van der Waals surface area contributed by atoms with Crippen LogP contribution < -0.4 is 10.5 Å². The molecule has 0 aliphatic carbocycles. The highest BCUT2D eigenvalue weighted by Crippen LogP contribution is 2.32. The Morgan fingerprint density at radius 1 is 1.08 bits per heavy atom. The number of nitrogens with two attached hydrogens (primary N) is 1. The van der Waals surface area contributed by atoms with Crippen LogP contribution in [0.4, 0.5) is 0 Å². The lowest BCUT2D eigenvalue weighted by molar-refractivity contribution is 0.482. The van der Waals surface area contributed by atoms with Crippen LogP contribution in [0.25, 0.3) is 11.4 Å². The van der Waals surface area contributed by atoms with E-state index < -0.39 is 0 Å². The molecule has 0 saturated heterocycles. The number of aromatic nitrogens is 3. The average Bonchev–Trinajstić information content (AvgIpc) is 2.62. The van der Waals surface area contributed by atoms with E-state index in [1.807, 2.05) is 26.0 Å². The number of benzene rings is 1. The van der Waals surface area contributed by atoms with E-state index in [4.69, 9.17) is 10.5 Å². The van der Waals surface area contributed by atoms with Gasteiger partial charge in [0.25, 0.3) is 0 Å². The summed E-state index contributed by atoms with van der Waals surface area (Å²) in [5.41, 5.74) is 9.49. The molecule has 2 aromatic heterocycles. The Kier molecular flexibility index (Phi) is 5.20. The molecule has 0 fully saturated rings. The monoisotopic (exact) mass is 345 g/mol. The molecule has 26 heavy (non-hydrogen) atoms. The van der Waals surface area contributed by atoms with Gasteiger partial charge in [-0.1, -0.05) is 0 Å². The number of pyridine rings is 1. The first-order valence-corrected chi connectivity index (χ1v) is 8.27.